The molecule has 6 heteroatoms. The Balaban J connectivity index is 1.29. The molecule has 1 N–H and O–H groups in total. The minimum absolute atomic E-state index is 0.290. The van der Waals surface area contributed by atoms with Crippen LogP contribution >= 0.6 is 0 Å². The molecular formula is C24H31NO5. The third-order valence-electron chi connectivity index (χ3n) is 5.70. The van der Waals surface area contributed by atoms with Crippen LogP contribution in [0.15, 0.2) is 42.5 Å². The molecule has 2 heterocycles. The van der Waals surface area contributed by atoms with E-state index in [9.17, 15) is 5.11 Å². The minimum Gasteiger partial charge on any atom is -0.497 e. The monoisotopic (exact) mass is 413 g/mol. The number of hydrogen-bond donors (Lipinski definition) is 1. The number of aliphatic hydroxyl groups excluding tert-OH is 1. The third kappa shape index (κ3) is 5.25. The van der Waals surface area contributed by atoms with Gasteiger partial charge in [0.2, 0.25) is 0 Å². The predicted molar refractivity (Wildman–Crippen MR) is 114 cm³/mol. The minimum atomic E-state index is -0.524. The Morgan fingerprint density at radius 1 is 1.07 bits per heavy atom. The normalized spacial score (nSPS) is 20.0. The molecule has 0 saturated carbocycles. The zero-order valence-corrected chi connectivity index (χ0v) is 17.6. The molecule has 6 nitrogen and oxygen atoms in total. The van der Waals surface area contributed by atoms with Crippen LogP contribution in [0.25, 0.3) is 0 Å². The summed E-state index contributed by atoms with van der Waals surface area (Å²) in [6.07, 6.45) is 2.59. The van der Waals surface area contributed by atoms with Crippen molar-refractivity contribution in [3.05, 3.63) is 53.6 Å². The molecule has 0 aromatic heterocycles. The molecule has 0 spiro atoms. The fourth-order valence-corrected chi connectivity index (χ4v) is 4.17. The molecule has 0 bridgehead atoms. The molecule has 162 valence electrons. The van der Waals surface area contributed by atoms with Crippen LogP contribution in [0.4, 0.5) is 0 Å². The highest BCUT2D eigenvalue weighted by Crippen LogP contribution is 2.37. The van der Waals surface area contributed by atoms with Gasteiger partial charge in [0.1, 0.15) is 5.75 Å². The maximum Gasteiger partial charge on any atom is 0.161 e. The zero-order chi connectivity index (χ0) is 20.8. The molecule has 1 saturated heterocycles. The maximum atomic E-state index is 10.5. The van der Waals surface area contributed by atoms with Crippen molar-refractivity contribution in [2.75, 3.05) is 40.0 Å². The molecule has 2 aliphatic rings. The van der Waals surface area contributed by atoms with E-state index in [1.54, 1.807) is 7.11 Å². The quantitative estimate of drug-likeness (QED) is 0.714. The van der Waals surface area contributed by atoms with Crippen molar-refractivity contribution in [3.8, 4) is 17.2 Å². The molecular weight excluding hydrogens is 382 g/mol. The zero-order valence-electron chi connectivity index (χ0n) is 17.6. The van der Waals surface area contributed by atoms with Crippen LogP contribution in [0.3, 0.4) is 0 Å². The van der Waals surface area contributed by atoms with Crippen LogP contribution in [0, 0.1) is 0 Å². The number of rotatable bonds is 8. The van der Waals surface area contributed by atoms with Crippen LogP contribution in [-0.2, 0) is 11.3 Å². The fourth-order valence-electron chi connectivity index (χ4n) is 4.17. The lowest BCUT2D eigenvalue weighted by molar-refractivity contribution is 0.00770. The number of aliphatic hydroxyl groups is 1. The number of methoxy groups -OCH3 is 1. The Morgan fingerprint density at radius 3 is 2.67 bits per heavy atom. The number of likely N-dealkylation sites (tertiary alicyclic amines) is 1. The van der Waals surface area contributed by atoms with Crippen LogP contribution in [0.2, 0.25) is 0 Å². The van der Waals surface area contributed by atoms with Crippen molar-refractivity contribution < 1.29 is 24.1 Å². The van der Waals surface area contributed by atoms with E-state index >= 15 is 0 Å². The molecule has 2 aliphatic heterocycles. The number of hydrogen-bond acceptors (Lipinski definition) is 6. The van der Waals surface area contributed by atoms with Gasteiger partial charge in [-0.25, -0.2) is 0 Å². The molecule has 2 atom stereocenters. The second-order valence-electron chi connectivity index (χ2n) is 7.93. The Bertz CT molecular complexity index is 810. The van der Waals surface area contributed by atoms with Crippen molar-refractivity contribution in [2.24, 2.45) is 0 Å². The maximum absolute atomic E-state index is 10.5. The van der Waals surface area contributed by atoms with Crippen LogP contribution in [0.5, 0.6) is 17.2 Å². The molecule has 2 aromatic carbocycles. The smallest absolute Gasteiger partial charge is 0.161 e. The van der Waals surface area contributed by atoms with E-state index in [1.807, 2.05) is 30.3 Å². The van der Waals surface area contributed by atoms with E-state index in [1.165, 1.54) is 5.56 Å². The van der Waals surface area contributed by atoms with E-state index in [-0.39, 0.29) is 0 Å². The molecule has 30 heavy (non-hydrogen) atoms. The highest BCUT2D eigenvalue weighted by molar-refractivity contribution is 5.44. The van der Waals surface area contributed by atoms with Crippen molar-refractivity contribution in [3.63, 3.8) is 0 Å². The lowest BCUT2D eigenvalue weighted by Crippen LogP contribution is -2.34. The first-order valence-electron chi connectivity index (χ1n) is 10.8. The summed E-state index contributed by atoms with van der Waals surface area (Å²) in [6.45, 7) is 3.76. The van der Waals surface area contributed by atoms with E-state index in [2.05, 4.69) is 17.0 Å². The number of nitrogens with zero attached hydrogens (tertiary/aromatic N) is 1. The second kappa shape index (κ2) is 10.2. The first-order chi connectivity index (χ1) is 14.7. The average Bonchev–Trinajstić information content (AvgIpc) is 3.09. The molecule has 0 amide bonds. The number of benzene rings is 2. The van der Waals surface area contributed by atoms with Gasteiger partial charge in [-0.1, -0.05) is 18.2 Å². The fraction of sp³-hybridized carbons (Fsp3) is 0.500. The third-order valence-corrected chi connectivity index (χ3v) is 5.70. The van der Waals surface area contributed by atoms with Gasteiger partial charge in [-0.15, -0.1) is 0 Å². The summed E-state index contributed by atoms with van der Waals surface area (Å²) in [7, 11) is 1.65. The van der Waals surface area contributed by atoms with E-state index < -0.39 is 6.10 Å². The Hall–Kier alpha value is -2.28. The summed E-state index contributed by atoms with van der Waals surface area (Å²) >= 11 is 0. The van der Waals surface area contributed by atoms with Crippen LogP contribution in [-0.4, -0.2) is 56.1 Å². The Labute approximate surface area is 178 Å². The number of ether oxygens (including phenoxy) is 4. The van der Waals surface area contributed by atoms with Gasteiger partial charge in [-0.3, -0.25) is 4.90 Å². The summed E-state index contributed by atoms with van der Waals surface area (Å²) in [5.74, 6) is 2.49. The molecule has 0 aliphatic carbocycles. The van der Waals surface area contributed by atoms with Gasteiger partial charge in [0.25, 0.3) is 0 Å². The van der Waals surface area contributed by atoms with Gasteiger partial charge in [0.05, 0.1) is 39.6 Å². The first kappa shape index (κ1) is 21.0. The van der Waals surface area contributed by atoms with Gasteiger partial charge in [-0.05, 0) is 54.8 Å². The summed E-state index contributed by atoms with van der Waals surface area (Å²) in [5.41, 5.74) is 2.29. The van der Waals surface area contributed by atoms with Crippen molar-refractivity contribution in [2.45, 2.75) is 38.0 Å². The van der Waals surface area contributed by atoms with E-state index in [4.69, 9.17) is 18.9 Å². The largest absolute Gasteiger partial charge is 0.497 e. The van der Waals surface area contributed by atoms with E-state index in [0.717, 1.165) is 48.6 Å². The van der Waals surface area contributed by atoms with Crippen LogP contribution in [0.1, 0.15) is 36.4 Å². The van der Waals surface area contributed by atoms with Gasteiger partial charge in [0, 0.05) is 19.0 Å². The summed E-state index contributed by atoms with van der Waals surface area (Å²) in [4.78, 5) is 2.35. The predicted octanol–water partition coefficient (Wildman–Crippen LogP) is 3.57. The molecule has 0 unspecified atom stereocenters. The lowest BCUT2D eigenvalue weighted by Gasteiger charge is -2.27. The second-order valence-corrected chi connectivity index (χ2v) is 7.93. The summed E-state index contributed by atoms with van der Waals surface area (Å²) in [6, 6.07) is 14.3. The molecule has 2 aromatic rings. The van der Waals surface area contributed by atoms with Gasteiger partial charge in [0.15, 0.2) is 11.5 Å². The highest BCUT2D eigenvalue weighted by Gasteiger charge is 2.28. The molecule has 1 fully saturated rings. The van der Waals surface area contributed by atoms with Crippen molar-refractivity contribution in [1.82, 2.24) is 4.90 Å². The number of fused-ring (bicyclic) bond motifs is 1. The lowest BCUT2D eigenvalue weighted by atomic mass is 10.0. The summed E-state index contributed by atoms with van der Waals surface area (Å²) in [5, 5.41) is 10.5. The van der Waals surface area contributed by atoms with Gasteiger partial charge < -0.3 is 24.1 Å². The Kier molecular flexibility index (Phi) is 7.10. The van der Waals surface area contributed by atoms with Crippen LogP contribution < -0.4 is 14.2 Å². The van der Waals surface area contributed by atoms with E-state index in [0.29, 0.717) is 39.0 Å². The Morgan fingerprint density at radius 2 is 1.87 bits per heavy atom. The summed E-state index contributed by atoms with van der Waals surface area (Å²) < 4.78 is 22.5. The highest BCUT2D eigenvalue weighted by atomic mass is 16.5. The standard InChI is InChI=1S/C24H31NO5/c1-27-21-8-5-18(6-9-21)16-28-17-20(26)15-25-11-2-4-22(25)19-7-10-23-24(14-19)30-13-3-12-29-23/h5-10,14,20,22,26H,2-4,11-13,15-17H2,1H3/t20-,22+/m0/s1. The average molecular weight is 414 g/mol. The topological polar surface area (TPSA) is 60.4 Å². The van der Waals surface area contributed by atoms with Crippen molar-refractivity contribution in [1.29, 1.82) is 0 Å². The van der Waals surface area contributed by atoms with Gasteiger partial charge >= 0.3 is 0 Å². The molecule has 4 rings (SSSR count). The van der Waals surface area contributed by atoms with Gasteiger partial charge in [-0.2, -0.15) is 0 Å². The van der Waals surface area contributed by atoms with Crippen molar-refractivity contribution >= 4 is 0 Å². The number of β-amino-alcohol motifs (C(OH)–C–C–N with tert-alkyl or cyclic N) is 1. The molecule has 0 radical (unpaired) electrons. The first-order valence-corrected chi connectivity index (χ1v) is 10.8. The SMILES string of the molecule is COc1ccc(COC[C@@H](O)CN2CCC[C@@H]2c2ccc3c(c2)OCCCO3)cc1.